The number of nitrogens with one attached hydrogen (secondary N) is 2. The predicted molar refractivity (Wildman–Crippen MR) is 91.0 cm³/mol. The van der Waals surface area contributed by atoms with Crippen LogP contribution in [-0.4, -0.2) is 18.9 Å². The largest absolute Gasteiger partial charge is 0.495 e. The van der Waals surface area contributed by atoms with E-state index in [2.05, 4.69) is 10.6 Å². The molecule has 0 saturated carbocycles. The van der Waals surface area contributed by atoms with Gasteiger partial charge >= 0.3 is 0 Å². The normalized spacial score (nSPS) is 9.71. The average molecular weight is 344 g/mol. The fourth-order valence-electron chi connectivity index (χ4n) is 1.95. The van der Waals surface area contributed by atoms with Gasteiger partial charge in [0.25, 0.3) is 0 Å². The Morgan fingerprint density at radius 1 is 1.12 bits per heavy atom. The van der Waals surface area contributed by atoms with Crippen LogP contribution in [0.15, 0.2) is 42.5 Å². The van der Waals surface area contributed by atoms with Gasteiger partial charge in [-0.15, -0.1) is 0 Å². The lowest BCUT2D eigenvalue weighted by atomic mass is 10.2. The zero-order valence-electron chi connectivity index (χ0n) is 12.8. The summed E-state index contributed by atoms with van der Waals surface area (Å²) >= 11 is 5.89. The fourth-order valence-corrected chi connectivity index (χ4v) is 2.12. The van der Waals surface area contributed by atoms with Crippen LogP contribution in [0.1, 0.15) is 12.0 Å². The molecule has 0 bridgehead atoms. The highest BCUT2D eigenvalue weighted by Crippen LogP contribution is 2.27. The standard InChI is InChI=1S/C17H14ClN3O3/c1-24-15-7-4-12(18)8-14(15)21-17(23)9-16(22)20-13-5-2-11(10-19)3-6-13/h2-8H,9H2,1H3,(H,20,22)(H,21,23). The van der Waals surface area contributed by atoms with E-state index < -0.39 is 11.8 Å². The number of halogens is 1. The molecule has 0 aliphatic rings. The minimum absolute atomic E-state index is 0.365. The Morgan fingerprint density at radius 2 is 1.79 bits per heavy atom. The van der Waals surface area contributed by atoms with Gasteiger partial charge in [-0.2, -0.15) is 5.26 Å². The van der Waals surface area contributed by atoms with Crippen LogP contribution in [0.25, 0.3) is 0 Å². The number of carbonyl (C=O) groups excluding carboxylic acids is 2. The van der Waals surface area contributed by atoms with E-state index in [9.17, 15) is 9.59 Å². The Kier molecular flexibility index (Phi) is 5.77. The molecule has 6 nitrogen and oxygen atoms in total. The Hall–Kier alpha value is -3.04. The zero-order chi connectivity index (χ0) is 17.5. The van der Waals surface area contributed by atoms with E-state index in [1.54, 1.807) is 36.4 Å². The number of benzene rings is 2. The van der Waals surface area contributed by atoms with E-state index in [-0.39, 0.29) is 6.42 Å². The quantitative estimate of drug-likeness (QED) is 0.815. The van der Waals surface area contributed by atoms with Crippen molar-refractivity contribution in [3.8, 4) is 11.8 Å². The summed E-state index contributed by atoms with van der Waals surface area (Å²) in [5, 5.41) is 14.3. The number of rotatable bonds is 5. The molecule has 24 heavy (non-hydrogen) atoms. The number of ether oxygens (including phenoxy) is 1. The molecule has 0 aliphatic carbocycles. The summed E-state index contributed by atoms with van der Waals surface area (Å²) < 4.78 is 5.12. The van der Waals surface area contributed by atoms with E-state index in [1.165, 1.54) is 13.2 Å². The third-order valence-corrected chi connectivity index (χ3v) is 3.29. The Bertz CT molecular complexity index is 798. The summed E-state index contributed by atoms with van der Waals surface area (Å²) in [6.07, 6.45) is -0.365. The highest BCUT2D eigenvalue weighted by Gasteiger charge is 2.13. The Morgan fingerprint density at radius 3 is 2.42 bits per heavy atom. The summed E-state index contributed by atoms with van der Waals surface area (Å²) in [6.45, 7) is 0. The van der Waals surface area contributed by atoms with Crippen LogP contribution in [-0.2, 0) is 9.59 Å². The molecule has 0 fully saturated rings. The molecule has 0 radical (unpaired) electrons. The van der Waals surface area contributed by atoms with Gasteiger partial charge in [-0.3, -0.25) is 9.59 Å². The third-order valence-electron chi connectivity index (χ3n) is 3.05. The van der Waals surface area contributed by atoms with Crippen LogP contribution >= 0.6 is 11.6 Å². The predicted octanol–water partition coefficient (Wildman–Crippen LogP) is 3.19. The van der Waals surface area contributed by atoms with Crippen molar-refractivity contribution in [3.05, 3.63) is 53.1 Å². The minimum Gasteiger partial charge on any atom is -0.495 e. The second kappa shape index (κ2) is 7.99. The summed E-state index contributed by atoms with van der Waals surface area (Å²) in [7, 11) is 1.47. The lowest BCUT2D eigenvalue weighted by molar-refractivity contribution is -0.123. The maximum absolute atomic E-state index is 12.0. The maximum Gasteiger partial charge on any atom is 0.233 e. The van der Waals surface area contributed by atoms with Gasteiger partial charge < -0.3 is 15.4 Å². The molecule has 2 aromatic carbocycles. The van der Waals surface area contributed by atoms with Crippen molar-refractivity contribution in [2.45, 2.75) is 6.42 Å². The number of hydrogen-bond donors (Lipinski definition) is 2. The van der Waals surface area contributed by atoms with Gasteiger partial charge in [0.05, 0.1) is 24.4 Å². The number of nitrogens with zero attached hydrogens (tertiary/aromatic N) is 1. The van der Waals surface area contributed by atoms with Crippen LogP contribution in [0, 0.1) is 11.3 Å². The van der Waals surface area contributed by atoms with Crippen molar-refractivity contribution in [1.29, 1.82) is 5.26 Å². The van der Waals surface area contributed by atoms with Crippen molar-refractivity contribution in [1.82, 2.24) is 0 Å². The molecule has 2 N–H and O–H groups in total. The summed E-state index contributed by atoms with van der Waals surface area (Å²) in [5.74, 6) is -0.528. The SMILES string of the molecule is COc1ccc(Cl)cc1NC(=O)CC(=O)Nc1ccc(C#N)cc1. The number of anilines is 2. The highest BCUT2D eigenvalue weighted by atomic mass is 35.5. The first-order valence-corrected chi connectivity index (χ1v) is 7.33. The first-order valence-electron chi connectivity index (χ1n) is 6.95. The second-order valence-electron chi connectivity index (χ2n) is 4.81. The van der Waals surface area contributed by atoms with Gasteiger partial charge in [-0.25, -0.2) is 0 Å². The summed E-state index contributed by atoms with van der Waals surface area (Å²) in [4.78, 5) is 23.9. The molecule has 0 aromatic heterocycles. The van der Waals surface area contributed by atoms with E-state index in [1.807, 2.05) is 6.07 Å². The summed E-state index contributed by atoms with van der Waals surface area (Å²) in [6, 6.07) is 13.1. The van der Waals surface area contributed by atoms with Crippen LogP contribution < -0.4 is 15.4 Å². The topological polar surface area (TPSA) is 91.2 Å². The average Bonchev–Trinajstić information content (AvgIpc) is 2.55. The monoisotopic (exact) mass is 343 g/mol. The molecule has 7 heteroatoms. The summed E-state index contributed by atoms with van der Waals surface area (Å²) in [5.41, 5.74) is 1.38. The lowest BCUT2D eigenvalue weighted by Crippen LogP contribution is -2.21. The number of carbonyl (C=O) groups is 2. The number of amides is 2. The van der Waals surface area contributed by atoms with Gasteiger partial charge in [0.1, 0.15) is 12.2 Å². The molecule has 0 saturated heterocycles. The van der Waals surface area contributed by atoms with Crippen LogP contribution in [0.5, 0.6) is 5.75 Å². The third kappa shape index (κ3) is 4.73. The van der Waals surface area contributed by atoms with E-state index >= 15 is 0 Å². The molecule has 0 atom stereocenters. The second-order valence-corrected chi connectivity index (χ2v) is 5.24. The van der Waals surface area contributed by atoms with Gasteiger partial charge in [0.2, 0.25) is 11.8 Å². The van der Waals surface area contributed by atoms with Gasteiger partial charge in [0.15, 0.2) is 0 Å². The van der Waals surface area contributed by atoms with Crippen molar-refractivity contribution < 1.29 is 14.3 Å². The smallest absolute Gasteiger partial charge is 0.233 e. The van der Waals surface area contributed by atoms with E-state index in [0.29, 0.717) is 27.7 Å². The molecular formula is C17H14ClN3O3. The van der Waals surface area contributed by atoms with Crippen molar-refractivity contribution in [3.63, 3.8) is 0 Å². The van der Waals surface area contributed by atoms with E-state index in [4.69, 9.17) is 21.6 Å². The van der Waals surface area contributed by atoms with Crippen LogP contribution in [0.3, 0.4) is 0 Å². The molecule has 0 aliphatic heterocycles. The molecular weight excluding hydrogens is 330 g/mol. The molecule has 2 aromatic rings. The molecule has 0 unspecified atom stereocenters. The molecule has 0 heterocycles. The number of methoxy groups -OCH3 is 1. The van der Waals surface area contributed by atoms with Crippen molar-refractivity contribution in [2.24, 2.45) is 0 Å². The number of nitriles is 1. The van der Waals surface area contributed by atoms with Crippen LogP contribution in [0.2, 0.25) is 5.02 Å². The van der Waals surface area contributed by atoms with E-state index in [0.717, 1.165) is 0 Å². The van der Waals surface area contributed by atoms with Gasteiger partial charge in [-0.1, -0.05) is 11.6 Å². The minimum atomic E-state index is -0.498. The number of hydrogen-bond acceptors (Lipinski definition) is 4. The molecule has 2 amide bonds. The van der Waals surface area contributed by atoms with Gasteiger partial charge in [0, 0.05) is 10.7 Å². The zero-order valence-corrected chi connectivity index (χ0v) is 13.6. The van der Waals surface area contributed by atoms with Crippen molar-refractivity contribution >= 4 is 34.8 Å². The van der Waals surface area contributed by atoms with Gasteiger partial charge in [-0.05, 0) is 42.5 Å². The molecule has 0 spiro atoms. The Balaban J connectivity index is 1.95. The maximum atomic E-state index is 12.0. The first-order chi connectivity index (χ1) is 11.5. The van der Waals surface area contributed by atoms with Crippen molar-refractivity contribution in [2.75, 3.05) is 17.7 Å². The molecule has 2 rings (SSSR count). The molecule has 122 valence electrons. The Labute approximate surface area is 144 Å². The fraction of sp³-hybridized carbons (Fsp3) is 0.118. The highest BCUT2D eigenvalue weighted by molar-refractivity contribution is 6.31. The van der Waals surface area contributed by atoms with Crippen LogP contribution in [0.4, 0.5) is 11.4 Å². The first kappa shape index (κ1) is 17.3. The lowest BCUT2D eigenvalue weighted by Gasteiger charge is -2.10.